The second-order valence-electron chi connectivity index (χ2n) is 6.64. The second-order valence-corrected chi connectivity index (χ2v) is 8.01. The molecular formula is C17H27N5OS. The number of fused-ring (bicyclic) bond motifs is 1. The van der Waals surface area contributed by atoms with Crippen LogP contribution in [0.25, 0.3) is 0 Å². The van der Waals surface area contributed by atoms with Crippen molar-refractivity contribution in [2.24, 2.45) is 0 Å². The zero-order valence-corrected chi connectivity index (χ0v) is 15.7. The van der Waals surface area contributed by atoms with E-state index in [0.29, 0.717) is 6.61 Å². The summed E-state index contributed by atoms with van der Waals surface area (Å²) < 4.78 is 7.84. The second kappa shape index (κ2) is 8.20. The third-order valence-electron chi connectivity index (χ3n) is 4.23. The van der Waals surface area contributed by atoms with Crippen LogP contribution in [0.3, 0.4) is 0 Å². The zero-order valence-electron chi connectivity index (χ0n) is 14.9. The van der Waals surface area contributed by atoms with Crippen molar-refractivity contribution in [3.8, 4) is 0 Å². The van der Waals surface area contributed by atoms with Crippen molar-refractivity contribution >= 4 is 11.3 Å². The van der Waals surface area contributed by atoms with Gasteiger partial charge in [-0.25, -0.2) is 4.68 Å². The monoisotopic (exact) mass is 349 g/mol. The first-order valence-corrected chi connectivity index (χ1v) is 9.35. The van der Waals surface area contributed by atoms with Crippen molar-refractivity contribution in [3.63, 3.8) is 0 Å². The predicted molar refractivity (Wildman–Crippen MR) is 96.0 cm³/mol. The molecule has 3 rings (SSSR count). The lowest BCUT2D eigenvalue weighted by Gasteiger charge is -2.19. The highest BCUT2D eigenvalue weighted by molar-refractivity contribution is 7.11. The molecular weight excluding hydrogens is 322 g/mol. The van der Waals surface area contributed by atoms with Crippen LogP contribution in [0.15, 0.2) is 12.1 Å². The average molecular weight is 350 g/mol. The van der Waals surface area contributed by atoms with E-state index in [4.69, 9.17) is 4.74 Å². The Morgan fingerprint density at radius 1 is 1.29 bits per heavy atom. The molecule has 0 saturated carbocycles. The van der Waals surface area contributed by atoms with Crippen molar-refractivity contribution in [1.29, 1.82) is 0 Å². The number of aromatic nitrogens is 3. The number of hydrogen-bond acceptors (Lipinski definition) is 6. The lowest BCUT2D eigenvalue weighted by Crippen LogP contribution is -2.23. The molecule has 3 heterocycles. The highest BCUT2D eigenvalue weighted by Gasteiger charge is 2.20. The van der Waals surface area contributed by atoms with E-state index in [9.17, 15) is 0 Å². The lowest BCUT2D eigenvalue weighted by molar-refractivity contribution is 0.102. The number of likely N-dealkylation sites (N-methyl/N-ethyl adjacent to an activating group) is 1. The van der Waals surface area contributed by atoms with Crippen LogP contribution in [-0.2, 0) is 31.0 Å². The van der Waals surface area contributed by atoms with Gasteiger partial charge in [-0.3, -0.25) is 4.90 Å². The molecule has 0 bridgehead atoms. The summed E-state index contributed by atoms with van der Waals surface area (Å²) in [4.78, 5) is 7.42. The summed E-state index contributed by atoms with van der Waals surface area (Å²) in [5.41, 5.74) is 2.20. The van der Waals surface area contributed by atoms with Gasteiger partial charge in [-0.15, -0.1) is 16.4 Å². The van der Waals surface area contributed by atoms with Gasteiger partial charge in [-0.05, 0) is 39.6 Å². The summed E-state index contributed by atoms with van der Waals surface area (Å²) in [6.45, 7) is 8.31. The van der Waals surface area contributed by atoms with Crippen LogP contribution in [0.5, 0.6) is 0 Å². The fraction of sp³-hybridized carbons (Fsp3) is 0.647. The Balaban J connectivity index is 1.61. The van der Waals surface area contributed by atoms with E-state index in [1.807, 2.05) is 11.3 Å². The van der Waals surface area contributed by atoms with Crippen LogP contribution in [0.2, 0.25) is 0 Å². The third-order valence-corrected chi connectivity index (χ3v) is 5.22. The summed E-state index contributed by atoms with van der Waals surface area (Å²) in [5, 5.41) is 8.68. The van der Waals surface area contributed by atoms with Crippen molar-refractivity contribution in [3.05, 3.63) is 33.3 Å². The van der Waals surface area contributed by atoms with Crippen LogP contribution in [0.1, 0.15) is 27.6 Å². The highest BCUT2D eigenvalue weighted by atomic mass is 32.1. The maximum atomic E-state index is 5.78. The smallest absolute Gasteiger partial charge is 0.113 e. The predicted octanol–water partition coefficient (Wildman–Crippen LogP) is 2.13. The first-order valence-electron chi connectivity index (χ1n) is 8.53. The summed E-state index contributed by atoms with van der Waals surface area (Å²) >= 11 is 1.89. The largest absolute Gasteiger partial charge is 0.374 e. The number of aryl methyl sites for hydroxylation is 2. The van der Waals surface area contributed by atoms with E-state index >= 15 is 0 Å². The Kier molecular flexibility index (Phi) is 5.99. The van der Waals surface area contributed by atoms with E-state index in [1.54, 1.807) is 0 Å². The molecule has 1 aliphatic heterocycles. The van der Waals surface area contributed by atoms with Crippen LogP contribution in [-0.4, -0.2) is 58.6 Å². The molecule has 0 spiro atoms. The fourth-order valence-corrected chi connectivity index (χ4v) is 3.84. The van der Waals surface area contributed by atoms with Gasteiger partial charge in [0.05, 0.1) is 18.9 Å². The Morgan fingerprint density at radius 2 is 2.17 bits per heavy atom. The normalized spacial score (nSPS) is 15.7. The molecule has 0 radical (unpaired) electrons. The molecule has 2 aromatic rings. The van der Waals surface area contributed by atoms with E-state index in [2.05, 4.69) is 57.9 Å². The van der Waals surface area contributed by atoms with Gasteiger partial charge >= 0.3 is 0 Å². The van der Waals surface area contributed by atoms with Crippen LogP contribution in [0.4, 0.5) is 0 Å². The maximum Gasteiger partial charge on any atom is 0.113 e. The average Bonchev–Trinajstić information content (AvgIpc) is 3.04. The number of hydrogen-bond donors (Lipinski definition) is 0. The quantitative estimate of drug-likeness (QED) is 0.717. The molecule has 0 aromatic carbocycles. The standard InChI is InChI=1S/C17H27N5OS/c1-14-5-6-15(24-14)11-21-7-4-8-22-17(12-21)16(18-19-22)13-23-10-9-20(2)3/h5-6H,4,7-13H2,1-3H3. The molecule has 0 atom stereocenters. The van der Waals surface area contributed by atoms with Crippen LogP contribution < -0.4 is 0 Å². The molecule has 24 heavy (non-hydrogen) atoms. The summed E-state index contributed by atoms with van der Waals surface area (Å²) in [6, 6.07) is 4.44. The molecule has 0 unspecified atom stereocenters. The summed E-state index contributed by atoms with van der Waals surface area (Å²) in [7, 11) is 4.11. The Morgan fingerprint density at radius 3 is 2.92 bits per heavy atom. The molecule has 0 fully saturated rings. The highest BCUT2D eigenvalue weighted by Crippen LogP contribution is 2.21. The van der Waals surface area contributed by atoms with Crippen molar-refractivity contribution < 1.29 is 4.74 Å². The number of nitrogens with zero attached hydrogens (tertiary/aromatic N) is 5. The minimum absolute atomic E-state index is 0.551. The molecule has 2 aromatic heterocycles. The van der Waals surface area contributed by atoms with Gasteiger partial charge < -0.3 is 9.64 Å². The van der Waals surface area contributed by atoms with Gasteiger partial charge in [0, 0.05) is 42.5 Å². The van der Waals surface area contributed by atoms with Gasteiger partial charge in [0.2, 0.25) is 0 Å². The number of ether oxygens (including phenoxy) is 1. The molecule has 0 saturated heterocycles. The Labute approximate surface area is 148 Å². The minimum Gasteiger partial charge on any atom is -0.374 e. The summed E-state index contributed by atoms with van der Waals surface area (Å²) in [6.07, 6.45) is 1.11. The maximum absolute atomic E-state index is 5.78. The number of thiophene rings is 1. The van der Waals surface area contributed by atoms with Gasteiger partial charge in [-0.1, -0.05) is 5.21 Å². The van der Waals surface area contributed by atoms with E-state index < -0.39 is 0 Å². The van der Waals surface area contributed by atoms with Crippen LogP contribution in [0, 0.1) is 6.92 Å². The van der Waals surface area contributed by atoms with Crippen molar-refractivity contribution in [2.75, 3.05) is 33.8 Å². The summed E-state index contributed by atoms with van der Waals surface area (Å²) in [5.74, 6) is 0. The minimum atomic E-state index is 0.551. The van der Waals surface area contributed by atoms with Gasteiger partial charge in [0.25, 0.3) is 0 Å². The first kappa shape index (κ1) is 17.5. The van der Waals surface area contributed by atoms with E-state index in [1.165, 1.54) is 15.4 Å². The zero-order chi connectivity index (χ0) is 16.9. The van der Waals surface area contributed by atoms with Gasteiger partial charge in [-0.2, -0.15) is 0 Å². The van der Waals surface area contributed by atoms with Crippen molar-refractivity contribution in [1.82, 2.24) is 24.8 Å². The third kappa shape index (κ3) is 4.63. The number of rotatable bonds is 7. The SMILES string of the molecule is Cc1ccc(CN2CCCn3nnc(COCCN(C)C)c3C2)s1. The molecule has 132 valence electrons. The molecule has 0 amide bonds. The molecule has 0 aliphatic carbocycles. The molecule has 1 aliphatic rings. The topological polar surface area (TPSA) is 46.4 Å². The molecule has 0 N–H and O–H groups in total. The molecule has 6 nitrogen and oxygen atoms in total. The first-order chi connectivity index (χ1) is 11.6. The van der Waals surface area contributed by atoms with Gasteiger partial charge in [0.15, 0.2) is 0 Å². The van der Waals surface area contributed by atoms with E-state index in [-0.39, 0.29) is 0 Å². The van der Waals surface area contributed by atoms with Crippen molar-refractivity contribution in [2.45, 2.75) is 39.6 Å². The fourth-order valence-electron chi connectivity index (χ4n) is 2.91. The van der Waals surface area contributed by atoms with Crippen LogP contribution >= 0.6 is 11.3 Å². The Hall–Kier alpha value is -1.28. The Bertz CT molecular complexity index is 651. The van der Waals surface area contributed by atoms with Gasteiger partial charge in [0.1, 0.15) is 5.69 Å². The lowest BCUT2D eigenvalue weighted by atomic mass is 10.3. The molecule has 7 heteroatoms. The van der Waals surface area contributed by atoms with E-state index in [0.717, 1.165) is 51.4 Å².